The van der Waals surface area contributed by atoms with Gasteiger partial charge in [-0.25, -0.2) is 0 Å². The average Bonchev–Trinajstić information content (AvgIpc) is 2.29. The Balaban J connectivity index is 3.00. The summed E-state index contributed by atoms with van der Waals surface area (Å²) in [5.41, 5.74) is 0.312. The summed E-state index contributed by atoms with van der Waals surface area (Å²) in [6.45, 7) is 2.97. The zero-order valence-corrected chi connectivity index (χ0v) is 11.7. The lowest BCUT2D eigenvalue weighted by atomic mass is 9.94. The Hall–Kier alpha value is -1.49. The number of ether oxygens (including phenoxy) is 1. The van der Waals surface area contributed by atoms with E-state index in [4.69, 9.17) is 4.74 Å². The largest absolute Gasteiger partial charge is 0.465 e. The quantitative estimate of drug-likeness (QED) is 0.476. The number of Topliss-reactive ketones (excluding diaryl/α,β-unsaturated/α-hetero) is 2. The summed E-state index contributed by atoms with van der Waals surface area (Å²) < 4.78 is 5.56. The standard InChI is InChI=1S/C13H13BrO4/c1-3-18-13(17)11(8(2)15)12(16)9-4-6-10(14)7-5-9/h4-7,11H,3H2,1-2H3/t11-/m1/s1. The van der Waals surface area contributed by atoms with Gasteiger partial charge >= 0.3 is 5.97 Å². The first kappa shape index (κ1) is 14.6. The van der Waals surface area contributed by atoms with E-state index in [1.807, 2.05) is 0 Å². The van der Waals surface area contributed by atoms with Crippen LogP contribution in [-0.2, 0) is 14.3 Å². The number of rotatable bonds is 5. The molecule has 1 atom stereocenters. The van der Waals surface area contributed by atoms with Gasteiger partial charge in [0.05, 0.1) is 6.61 Å². The van der Waals surface area contributed by atoms with Gasteiger partial charge in [-0.15, -0.1) is 0 Å². The van der Waals surface area contributed by atoms with Crippen molar-refractivity contribution in [3.63, 3.8) is 0 Å². The SMILES string of the molecule is CCOC(=O)[C@H](C(C)=O)C(=O)c1ccc(Br)cc1. The molecule has 0 aliphatic rings. The molecule has 0 radical (unpaired) electrons. The van der Waals surface area contributed by atoms with E-state index in [0.29, 0.717) is 5.56 Å². The molecule has 0 spiro atoms. The maximum atomic E-state index is 12.1. The number of hydrogen-bond acceptors (Lipinski definition) is 4. The van der Waals surface area contributed by atoms with Gasteiger partial charge in [-0.3, -0.25) is 14.4 Å². The molecule has 0 fully saturated rings. The fraction of sp³-hybridized carbons (Fsp3) is 0.308. The van der Waals surface area contributed by atoms with Gasteiger partial charge in [-0.2, -0.15) is 0 Å². The van der Waals surface area contributed by atoms with Crippen LogP contribution in [0.15, 0.2) is 28.7 Å². The number of carbonyl (C=O) groups excluding carboxylic acids is 3. The predicted molar refractivity (Wildman–Crippen MR) is 69.3 cm³/mol. The molecule has 1 aromatic carbocycles. The zero-order valence-electron chi connectivity index (χ0n) is 10.1. The molecule has 0 bridgehead atoms. The lowest BCUT2D eigenvalue weighted by Crippen LogP contribution is -2.32. The lowest BCUT2D eigenvalue weighted by molar-refractivity contribution is -0.148. The summed E-state index contributed by atoms with van der Waals surface area (Å²) in [6, 6.07) is 6.47. The van der Waals surface area contributed by atoms with Crippen LogP contribution in [0.25, 0.3) is 0 Å². The van der Waals surface area contributed by atoms with Gasteiger partial charge < -0.3 is 4.74 Å². The molecule has 0 unspecified atom stereocenters. The van der Waals surface area contributed by atoms with Gasteiger partial charge in [-0.05, 0) is 26.0 Å². The van der Waals surface area contributed by atoms with Crippen LogP contribution >= 0.6 is 15.9 Å². The number of halogens is 1. The molecule has 18 heavy (non-hydrogen) atoms. The Morgan fingerprint density at radius 3 is 2.22 bits per heavy atom. The minimum atomic E-state index is -1.37. The van der Waals surface area contributed by atoms with E-state index in [2.05, 4.69) is 15.9 Å². The third kappa shape index (κ3) is 3.50. The fourth-order valence-corrected chi connectivity index (χ4v) is 1.73. The normalized spacial score (nSPS) is 11.7. The molecule has 4 nitrogen and oxygen atoms in total. The molecule has 0 heterocycles. The average molecular weight is 313 g/mol. The van der Waals surface area contributed by atoms with E-state index < -0.39 is 23.5 Å². The second kappa shape index (κ2) is 6.44. The molecule has 0 aliphatic carbocycles. The highest BCUT2D eigenvalue weighted by Gasteiger charge is 2.33. The van der Waals surface area contributed by atoms with Gasteiger partial charge in [-0.1, -0.05) is 28.1 Å². The second-order valence-corrected chi connectivity index (χ2v) is 4.58. The third-order valence-corrected chi connectivity index (χ3v) is 2.85. The Kier molecular flexibility index (Phi) is 5.22. The van der Waals surface area contributed by atoms with Gasteiger partial charge in [0, 0.05) is 10.0 Å². The van der Waals surface area contributed by atoms with E-state index >= 15 is 0 Å². The van der Waals surface area contributed by atoms with Crippen molar-refractivity contribution in [2.24, 2.45) is 5.92 Å². The first-order chi connectivity index (χ1) is 8.47. The summed E-state index contributed by atoms with van der Waals surface area (Å²) in [5.74, 6) is -3.21. The highest BCUT2D eigenvalue weighted by Crippen LogP contribution is 2.16. The fourth-order valence-electron chi connectivity index (χ4n) is 1.46. The predicted octanol–water partition coefficient (Wildman–Crippen LogP) is 2.40. The lowest BCUT2D eigenvalue weighted by Gasteiger charge is -2.11. The van der Waals surface area contributed by atoms with E-state index in [0.717, 1.165) is 4.47 Å². The molecule has 0 aromatic heterocycles. The van der Waals surface area contributed by atoms with Crippen LogP contribution in [0.5, 0.6) is 0 Å². The van der Waals surface area contributed by atoms with E-state index in [9.17, 15) is 14.4 Å². The smallest absolute Gasteiger partial charge is 0.324 e. The van der Waals surface area contributed by atoms with Gasteiger partial charge in [0.25, 0.3) is 0 Å². The van der Waals surface area contributed by atoms with Gasteiger partial charge in [0.1, 0.15) is 0 Å². The highest BCUT2D eigenvalue weighted by atomic mass is 79.9. The second-order valence-electron chi connectivity index (χ2n) is 3.67. The number of ketones is 2. The molecular weight excluding hydrogens is 300 g/mol. The van der Waals surface area contributed by atoms with Crippen LogP contribution in [0.3, 0.4) is 0 Å². The minimum absolute atomic E-state index is 0.135. The van der Waals surface area contributed by atoms with Crippen molar-refractivity contribution in [3.05, 3.63) is 34.3 Å². The molecule has 0 saturated heterocycles. The maximum absolute atomic E-state index is 12.1. The van der Waals surface area contributed by atoms with Crippen LogP contribution in [-0.4, -0.2) is 24.1 Å². The van der Waals surface area contributed by atoms with Crippen LogP contribution in [0, 0.1) is 5.92 Å². The highest BCUT2D eigenvalue weighted by molar-refractivity contribution is 9.10. The molecule has 0 N–H and O–H groups in total. The van der Waals surface area contributed by atoms with Crippen molar-refractivity contribution < 1.29 is 19.1 Å². The molecule has 1 rings (SSSR count). The van der Waals surface area contributed by atoms with Crippen LogP contribution < -0.4 is 0 Å². The summed E-state index contributed by atoms with van der Waals surface area (Å²) in [6.07, 6.45) is 0. The molecule has 5 heteroatoms. The maximum Gasteiger partial charge on any atom is 0.324 e. The number of benzene rings is 1. The van der Waals surface area contributed by atoms with Gasteiger partial charge in [0.2, 0.25) is 0 Å². The molecule has 0 saturated carbocycles. The Labute approximate surface area is 113 Å². The Bertz CT molecular complexity index is 464. The summed E-state index contributed by atoms with van der Waals surface area (Å²) in [5, 5.41) is 0. The topological polar surface area (TPSA) is 60.4 Å². The van der Waals surface area contributed by atoms with Crippen LogP contribution in [0.4, 0.5) is 0 Å². The Morgan fingerprint density at radius 1 is 1.22 bits per heavy atom. The zero-order chi connectivity index (χ0) is 13.7. The van der Waals surface area contributed by atoms with Gasteiger partial charge in [0.15, 0.2) is 17.5 Å². The van der Waals surface area contributed by atoms with E-state index in [-0.39, 0.29) is 6.61 Å². The van der Waals surface area contributed by atoms with Crippen LogP contribution in [0.1, 0.15) is 24.2 Å². The van der Waals surface area contributed by atoms with Crippen molar-refractivity contribution in [2.75, 3.05) is 6.61 Å². The number of hydrogen-bond donors (Lipinski definition) is 0. The molecule has 0 amide bonds. The van der Waals surface area contributed by atoms with Crippen molar-refractivity contribution in [1.29, 1.82) is 0 Å². The summed E-state index contributed by atoms with van der Waals surface area (Å²) in [4.78, 5) is 35.1. The minimum Gasteiger partial charge on any atom is -0.465 e. The summed E-state index contributed by atoms with van der Waals surface area (Å²) >= 11 is 3.24. The molecule has 0 aliphatic heterocycles. The molecular formula is C13H13BrO4. The van der Waals surface area contributed by atoms with E-state index in [1.54, 1.807) is 31.2 Å². The van der Waals surface area contributed by atoms with Crippen LogP contribution in [0.2, 0.25) is 0 Å². The number of esters is 1. The first-order valence-electron chi connectivity index (χ1n) is 5.44. The van der Waals surface area contributed by atoms with Crippen molar-refractivity contribution in [2.45, 2.75) is 13.8 Å². The monoisotopic (exact) mass is 312 g/mol. The summed E-state index contributed by atoms with van der Waals surface area (Å²) in [7, 11) is 0. The third-order valence-electron chi connectivity index (χ3n) is 2.32. The van der Waals surface area contributed by atoms with Crippen molar-refractivity contribution in [3.8, 4) is 0 Å². The van der Waals surface area contributed by atoms with Crippen molar-refractivity contribution in [1.82, 2.24) is 0 Å². The molecule has 96 valence electrons. The first-order valence-corrected chi connectivity index (χ1v) is 6.23. The number of carbonyl (C=O) groups is 3. The Morgan fingerprint density at radius 2 is 1.78 bits per heavy atom. The van der Waals surface area contributed by atoms with E-state index in [1.165, 1.54) is 6.92 Å². The van der Waals surface area contributed by atoms with Crippen molar-refractivity contribution >= 4 is 33.5 Å². The molecule has 1 aromatic rings.